The Morgan fingerprint density at radius 1 is 1.35 bits per heavy atom. The third-order valence-corrected chi connectivity index (χ3v) is 2.91. The van der Waals surface area contributed by atoms with Crippen LogP contribution in [0.4, 0.5) is 0 Å². The number of halogens is 2. The summed E-state index contributed by atoms with van der Waals surface area (Å²) in [6, 6.07) is 7.27. The Kier molecular flexibility index (Phi) is 3.66. The molecule has 0 fully saturated rings. The van der Waals surface area contributed by atoms with Crippen molar-refractivity contribution in [2.75, 3.05) is 0 Å². The second-order valence-electron chi connectivity index (χ2n) is 3.78. The van der Waals surface area contributed by atoms with Crippen LogP contribution >= 0.6 is 23.2 Å². The van der Waals surface area contributed by atoms with Gasteiger partial charge in [0.1, 0.15) is 12.7 Å². The zero-order valence-corrected chi connectivity index (χ0v) is 10.4. The van der Waals surface area contributed by atoms with E-state index in [9.17, 15) is 5.11 Å². The van der Waals surface area contributed by atoms with Crippen LogP contribution in [0.1, 0.15) is 5.56 Å². The van der Waals surface area contributed by atoms with E-state index < -0.39 is 5.06 Å². The van der Waals surface area contributed by atoms with E-state index in [4.69, 9.17) is 23.2 Å². The number of benzene rings is 1. The van der Waals surface area contributed by atoms with E-state index in [-0.39, 0.29) is 13.0 Å². The largest absolute Gasteiger partial charge is 0.373 e. The molecule has 0 spiro atoms. The first-order chi connectivity index (χ1) is 8.07. The van der Waals surface area contributed by atoms with Gasteiger partial charge in [-0.15, -0.1) is 0 Å². The van der Waals surface area contributed by atoms with Crippen molar-refractivity contribution < 1.29 is 5.11 Å². The van der Waals surface area contributed by atoms with E-state index in [0.29, 0.717) is 5.02 Å². The Morgan fingerprint density at radius 2 is 2.12 bits per heavy atom. The molecule has 0 aliphatic heterocycles. The summed E-state index contributed by atoms with van der Waals surface area (Å²) in [6.07, 6.45) is 3.14. The zero-order chi connectivity index (χ0) is 12.3. The first-order valence-corrected chi connectivity index (χ1v) is 5.79. The van der Waals surface area contributed by atoms with Gasteiger partial charge < -0.3 is 5.11 Å². The number of alkyl halides is 1. The molecular weight excluding hydrogens is 261 g/mol. The second-order valence-corrected chi connectivity index (χ2v) is 4.89. The Hall–Kier alpha value is -1.10. The Bertz CT molecular complexity index is 485. The van der Waals surface area contributed by atoms with Crippen molar-refractivity contribution in [1.82, 2.24) is 14.8 Å². The molecule has 1 heterocycles. The van der Waals surface area contributed by atoms with Crippen molar-refractivity contribution in [3.8, 4) is 0 Å². The molecular formula is C11H11Cl2N3O. The summed E-state index contributed by atoms with van der Waals surface area (Å²) in [5.41, 5.74) is 0.798. The molecule has 2 aromatic rings. The maximum Gasteiger partial charge on any atom is 0.162 e. The first-order valence-electron chi connectivity index (χ1n) is 5.04. The molecule has 1 N–H and O–H groups in total. The van der Waals surface area contributed by atoms with Crippen LogP contribution in [-0.4, -0.2) is 24.9 Å². The van der Waals surface area contributed by atoms with Crippen molar-refractivity contribution >= 4 is 23.2 Å². The molecule has 0 saturated carbocycles. The minimum absolute atomic E-state index is 0.153. The van der Waals surface area contributed by atoms with Gasteiger partial charge in [0.25, 0.3) is 0 Å². The van der Waals surface area contributed by atoms with E-state index >= 15 is 0 Å². The monoisotopic (exact) mass is 271 g/mol. The number of hydrogen-bond donors (Lipinski definition) is 1. The topological polar surface area (TPSA) is 50.9 Å². The van der Waals surface area contributed by atoms with E-state index in [0.717, 1.165) is 5.56 Å². The van der Waals surface area contributed by atoms with Crippen LogP contribution in [0, 0.1) is 0 Å². The minimum atomic E-state index is -1.43. The van der Waals surface area contributed by atoms with Gasteiger partial charge in [0, 0.05) is 11.4 Å². The lowest BCUT2D eigenvalue weighted by Crippen LogP contribution is -2.30. The average Bonchev–Trinajstić information content (AvgIpc) is 2.73. The maximum absolute atomic E-state index is 10.1. The number of hydrogen-bond acceptors (Lipinski definition) is 3. The highest BCUT2D eigenvalue weighted by atomic mass is 35.5. The molecule has 4 nitrogen and oxygen atoms in total. The zero-order valence-electron chi connectivity index (χ0n) is 8.92. The van der Waals surface area contributed by atoms with Gasteiger partial charge in [0.2, 0.25) is 0 Å². The molecule has 0 amide bonds. The quantitative estimate of drug-likeness (QED) is 0.867. The fourth-order valence-corrected chi connectivity index (χ4v) is 2.02. The normalized spacial score (nSPS) is 14.5. The van der Waals surface area contributed by atoms with Gasteiger partial charge in [0.05, 0.1) is 6.54 Å². The highest BCUT2D eigenvalue weighted by Crippen LogP contribution is 2.24. The van der Waals surface area contributed by atoms with Crippen LogP contribution < -0.4 is 0 Å². The van der Waals surface area contributed by atoms with Crippen LogP contribution in [0.2, 0.25) is 5.02 Å². The lowest BCUT2D eigenvalue weighted by molar-refractivity contribution is 0.104. The van der Waals surface area contributed by atoms with E-state index in [1.54, 1.807) is 6.07 Å². The van der Waals surface area contributed by atoms with E-state index in [2.05, 4.69) is 10.1 Å². The number of aromatic nitrogens is 3. The standard InChI is InChI=1S/C11H11Cl2N3O/c12-10-4-2-1-3-9(10)5-11(13,17)6-16-8-14-7-15-16/h1-4,7-8,17H,5-6H2/t11-/m0/s1. The molecule has 17 heavy (non-hydrogen) atoms. The molecule has 90 valence electrons. The van der Waals surface area contributed by atoms with Gasteiger partial charge in [-0.3, -0.25) is 0 Å². The van der Waals surface area contributed by atoms with Crippen molar-refractivity contribution in [2.45, 2.75) is 18.0 Å². The van der Waals surface area contributed by atoms with Gasteiger partial charge in [-0.1, -0.05) is 41.4 Å². The number of rotatable bonds is 4. The maximum atomic E-state index is 10.1. The van der Waals surface area contributed by atoms with Crippen LogP contribution in [0.5, 0.6) is 0 Å². The lowest BCUT2D eigenvalue weighted by atomic mass is 10.1. The molecule has 2 rings (SSSR count). The van der Waals surface area contributed by atoms with Crippen LogP contribution in [0.15, 0.2) is 36.9 Å². The summed E-state index contributed by atoms with van der Waals surface area (Å²) >= 11 is 12.1. The summed E-state index contributed by atoms with van der Waals surface area (Å²) in [4.78, 5) is 3.79. The highest BCUT2D eigenvalue weighted by Gasteiger charge is 2.26. The average molecular weight is 272 g/mol. The van der Waals surface area contributed by atoms with E-state index in [1.807, 2.05) is 18.2 Å². The van der Waals surface area contributed by atoms with Crippen molar-refractivity contribution in [3.05, 3.63) is 47.5 Å². The third kappa shape index (κ3) is 3.43. The van der Waals surface area contributed by atoms with Gasteiger partial charge in [0.15, 0.2) is 5.06 Å². The smallest absolute Gasteiger partial charge is 0.162 e. The Balaban J connectivity index is 2.09. The van der Waals surface area contributed by atoms with Gasteiger partial charge in [-0.2, -0.15) is 5.10 Å². The summed E-state index contributed by atoms with van der Waals surface area (Å²) in [5.74, 6) is 0. The molecule has 0 aliphatic rings. The molecule has 0 unspecified atom stereocenters. The molecule has 1 aromatic carbocycles. The highest BCUT2D eigenvalue weighted by molar-refractivity contribution is 6.31. The predicted molar refractivity (Wildman–Crippen MR) is 66.0 cm³/mol. The summed E-state index contributed by atoms with van der Waals surface area (Å²) < 4.78 is 1.48. The fraction of sp³-hybridized carbons (Fsp3) is 0.273. The van der Waals surface area contributed by atoms with Gasteiger partial charge >= 0.3 is 0 Å². The van der Waals surface area contributed by atoms with Crippen molar-refractivity contribution in [2.24, 2.45) is 0 Å². The summed E-state index contributed by atoms with van der Waals surface area (Å²) in [7, 11) is 0. The molecule has 0 aliphatic carbocycles. The van der Waals surface area contributed by atoms with Gasteiger partial charge in [-0.05, 0) is 11.6 Å². The number of nitrogens with zero attached hydrogens (tertiary/aromatic N) is 3. The summed E-state index contributed by atoms with van der Waals surface area (Å²) in [6.45, 7) is 0.153. The van der Waals surface area contributed by atoms with Crippen molar-refractivity contribution in [3.63, 3.8) is 0 Å². The lowest BCUT2D eigenvalue weighted by Gasteiger charge is -2.20. The summed E-state index contributed by atoms with van der Waals surface area (Å²) in [5, 5.41) is 13.1. The van der Waals surface area contributed by atoms with Crippen molar-refractivity contribution in [1.29, 1.82) is 0 Å². The number of aliphatic hydroxyl groups is 1. The van der Waals surface area contributed by atoms with E-state index in [1.165, 1.54) is 17.3 Å². The fourth-order valence-electron chi connectivity index (χ4n) is 1.55. The Morgan fingerprint density at radius 3 is 2.76 bits per heavy atom. The molecule has 0 saturated heterocycles. The van der Waals surface area contributed by atoms with Crippen LogP contribution in [0.3, 0.4) is 0 Å². The molecule has 1 aromatic heterocycles. The van der Waals surface area contributed by atoms with Crippen LogP contribution in [0.25, 0.3) is 0 Å². The molecule has 6 heteroatoms. The third-order valence-electron chi connectivity index (χ3n) is 2.29. The predicted octanol–water partition coefficient (Wildman–Crippen LogP) is 2.10. The Labute approximate surface area is 109 Å². The molecule has 0 radical (unpaired) electrons. The second kappa shape index (κ2) is 5.04. The SMILES string of the molecule is O[C@@](Cl)(Cc1ccccc1Cl)Cn1cncn1. The molecule has 1 atom stereocenters. The molecule has 0 bridgehead atoms. The van der Waals surface area contributed by atoms with Gasteiger partial charge in [-0.25, -0.2) is 9.67 Å². The minimum Gasteiger partial charge on any atom is -0.373 e. The first kappa shape index (κ1) is 12.4. The van der Waals surface area contributed by atoms with Crippen LogP contribution in [-0.2, 0) is 13.0 Å².